The molecule has 2 aliphatic carbocycles. The zero-order chi connectivity index (χ0) is 14.7. The molecule has 2 fully saturated rings. The highest BCUT2D eigenvalue weighted by Crippen LogP contribution is 2.27. The molecule has 1 aromatic carbocycles. The van der Waals surface area contributed by atoms with Crippen molar-refractivity contribution in [3.05, 3.63) is 29.8 Å². The summed E-state index contributed by atoms with van der Waals surface area (Å²) in [6.07, 6.45) is 4.67. The van der Waals surface area contributed by atoms with Crippen LogP contribution in [0.2, 0.25) is 0 Å². The molecule has 0 unspecified atom stereocenters. The quantitative estimate of drug-likeness (QED) is 0.712. The van der Waals surface area contributed by atoms with Crippen molar-refractivity contribution in [3.63, 3.8) is 0 Å². The standard InChI is InChI=1S/C16H21N3O2/c20-15(10-17-9-11-4-5-11)18-14-3-1-2-12(8-14)16(21)19-13-6-7-13/h1-3,8,11,13,17H,4-7,9-10H2,(H,18,20)(H,19,21). The SMILES string of the molecule is O=C(CNCC1CC1)Nc1cccc(C(=O)NC2CC2)c1. The maximum absolute atomic E-state index is 12.0. The van der Waals surface area contributed by atoms with Gasteiger partial charge >= 0.3 is 0 Å². The summed E-state index contributed by atoms with van der Waals surface area (Å²) in [5.41, 5.74) is 1.25. The molecule has 3 N–H and O–H groups in total. The molecule has 2 saturated carbocycles. The highest BCUT2D eigenvalue weighted by molar-refractivity contribution is 5.97. The van der Waals surface area contributed by atoms with Crippen LogP contribution in [0.25, 0.3) is 0 Å². The number of hydrogen-bond donors (Lipinski definition) is 3. The van der Waals surface area contributed by atoms with E-state index >= 15 is 0 Å². The van der Waals surface area contributed by atoms with E-state index in [9.17, 15) is 9.59 Å². The predicted molar refractivity (Wildman–Crippen MR) is 81.2 cm³/mol. The van der Waals surface area contributed by atoms with Crippen molar-refractivity contribution in [3.8, 4) is 0 Å². The van der Waals surface area contributed by atoms with Crippen LogP contribution in [-0.4, -0.2) is 30.9 Å². The molecule has 0 heterocycles. The second-order valence-electron chi connectivity index (χ2n) is 5.95. The molecule has 0 aromatic heterocycles. The Bertz CT molecular complexity index is 536. The molecule has 5 nitrogen and oxygen atoms in total. The van der Waals surface area contributed by atoms with Crippen LogP contribution < -0.4 is 16.0 Å². The van der Waals surface area contributed by atoms with Crippen molar-refractivity contribution in [2.45, 2.75) is 31.7 Å². The zero-order valence-corrected chi connectivity index (χ0v) is 12.0. The van der Waals surface area contributed by atoms with Crippen molar-refractivity contribution >= 4 is 17.5 Å². The van der Waals surface area contributed by atoms with Crippen molar-refractivity contribution in [1.29, 1.82) is 0 Å². The Morgan fingerprint density at radius 3 is 2.67 bits per heavy atom. The van der Waals surface area contributed by atoms with Gasteiger partial charge < -0.3 is 16.0 Å². The fraction of sp³-hybridized carbons (Fsp3) is 0.500. The second-order valence-corrected chi connectivity index (χ2v) is 5.95. The van der Waals surface area contributed by atoms with E-state index in [0.29, 0.717) is 23.8 Å². The van der Waals surface area contributed by atoms with Crippen molar-refractivity contribution < 1.29 is 9.59 Å². The minimum Gasteiger partial charge on any atom is -0.349 e. The van der Waals surface area contributed by atoms with Gasteiger partial charge in [-0.15, -0.1) is 0 Å². The van der Waals surface area contributed by atoms with E-state index in [0.717, 1.165) is 25.3 Å². The Morgan fingerprint density at radius 2 is 1.95 bits per heavy atom. The molecule has 0 aliphatic heterocycles. The summed E-state index contributed by atoms with van der Waals surface area (Å²) in [5.74, 6) is 0.614. The van der Waals surface area contributed by atoms with Crippen LogP contribution in [-0.2, 0) is 4.79 Å². The van der Waals surface area contributed by atoms with E-state index in [4.69, 9.17) is 0 Å². The van der Waals surface area contributed by atoms with Gasteiger partial charge in [-0.05, 0) is 56.3 Å². The molecule has 0 atom stereocenters. The third-order valence-electron chi connectivity index (χ3n) is 3.74. The van der Waals surface area contributed by atoms with Gasteiger partial charge in [-0.2, -0.15) is 0 Å². The molecule has 0 bridgehead atoms. The lowest BCUT2D eigenvalue weighted by Crippen LogP contribution is -2.29. The van der Waals surface area contributed by atoms with Gasteiger partial charge in [0, 0.05) is 17.3 Å². The normalized spacial score (nSPS) is 17.3. The summed E-state index contributed by atoms with van der Waals surface area (Å²) >= 11 is 0. The third-order valence-corrected chi connectivity index (χ3v) is 3.74. The van der Waals surface area contributed by atoms with Crippen LogP contribution in [0.4, 0.5) is 5.69 Å². The molecule has 0 spiro atoms. The second kappa shape index (κ2) is 6.26. The van der Waals surface area contributed by atoms with Crippen LogP contribution >= 0.6 is 0 Å². The Labute approximate surface area is 124 Å². The zero-order valence-electron chi connectivity index (χ0n) is 12.0. The van der Waals surface area contributed by atoms with Crippen LogP contribution in [0.15, 0.2) is 24.3 Å². The molecule has 112 valence electrons. The van der Waals surface area contributed by atoms with E-state index in [-0.39, 0.29) is 11.8 Å². The minimum atomic E-state index is -0.0737. The van der Waals surface area contributed by atoms with Gasteiger partial charge in [0.05, 0.1) is 6.54 Å². The number of anilines is 1. The van der Waals surface area contributed by atoms with Gasteiger partial charge in [0.25, 0.3) is 5.91 Å². The van der Waals surface area contributed by atoms with Crippen molar-refractivity contribution in [2.24, 2.45) is 5.92 Å². The van der Waals surface area contributed by atoms with Crippen LogP contribution in [0.5, 0.6) is 0 Å². The van der Waals surface area contributed by atoms with Crippen LogP contribution in [0, 0.1) is 5.92 Å². The average Bonchev–Trinajstić information content (AvgIpc) is 3.34. The summed E-state index contributed by atoms with van der Waals surface area (Å²) in [6, 6.07) is 7.40. The van der Waals surface area contributed by atoms with E-state index in [1.54, 1.807) is 24.3 Å². The first kappa shape index (κ1) is 14.1. The van der Waals surface area contributed by atoms with Gasteiger partial charge in [0.2, 0.25) is 5.91 Å². The molecular formula is C16H21N3O2. The van der Waals surface area contributed by atoms with Gasteiger partial charge in [-0.1, -0.05) is 6.07 Å². The van der Waals surface area contributed by atoms with Gasteiger partial charge in [0.15, 0.2) is 0 Å². The molecule has 0 radical (unpaired) electrons. The topological polar surface area (TPSA) is 70.2 Å². The van der Waals surface area contributed by atoms with E-state index in [1.165, 1.54) is 12.8 Å². The lowest BCUT2D eigenvalue weighted by Gasteiger charge is -2.08. The first-order valence-corrected chi connectivity index (χ1v) is 7.62. The Hall–Kier alpha value is -1.88. The van der Waals surface area contributed by atoms with E-state index in [2.05, 4.69) is 16.0 Å². The Balaban J connectivity index is 1.49. The van der Waals surface area contributed by atoms with Gasteiger partial charge in [-0.3, -0.25) is 9.59 Å². The number of benzene rings is 1. The molecule has 5 heteroatoms. The first-order chi connectivity index (χ1) is 10.2. The number of carbonyl (C=O) groups is 2. The maximum Gasteiger partial charge on any atom is 0.251 e. The molecule has 2 aliphatic rings. The minimum absolute atomic E-state index is 0.0690. The van der Waals surface area contributed by atoms with Crippen molar-refractivity contribution in [2.75, 3.05) is 18.4 Å². The predicted octanol–water partition coefficient (Wildman–Crippen LogP) is 1.52. The van der Waals surface area contributed by atoms with Crippen LogP contribution in [0.1, 0.15) is 36.0 Å². The summed E-state index contributed by atoms with van der Waals surface area (Å²) < 4.78 is 0. The fourth-order valence-electron chi connectivity index (χ4n) is 2.15. The summed E-state index contributed by atoms with van der Waals surface area (Å²) in [6.45, 7) is 1.23. The van der Waals surface area contributed by atoms with Crippen LogP contribution in [0.3, 0.4) is 0 Å². The summed E-state index contributed by atoms with van der Waals surface area (Å²) in [7, 11) is 0. The number of amides is 2. The smallest absolute Gasteiger partial charge is 0.251 e. The molecule has 0 saturated heterocycles. The largest absolute Gasteiger partial charge is 0.349 e. The number of carbonyl (C=O) groups excluding carboxylic acids is 2. The summed E-state index contributed by atoms with van der Waals surface area (Å²) in [5, 5.41) is 8.91. The lowest BCUT2D eigenvalue weighted by molar-refractivity contribution is -0.115. The highest BCUT2D eigenvalue weighted by Gasteiger charge is 2.24. The molecule has 2 amide bonds. The van der Waals surface area contributed by atoms with E-state index in [1.807, 2.05) is 0 Å². The molecule has 1 aromatic rings. The maximum atomic E-state index is 12.0. The molecule has 21 heavy (non-hydrogen) atoms. The fourth-order valence-corrected chi connectivity index (χ4v) is 2.15. The molecule has 3 rings (SSSR count). The first-order valence-electron chi connectivity index (χ1n) is 7.62. The molecular weight excluding hydrogens is 266 g/mol. The van der Waals surface area contributed by atoms with E-state index < -0.39 is 0 Å². The average molecular weight is 287 g/mol. The lowest BCUT2D eigenvalue weighted by atomic mass is 10.2. The number of nitrogens with one attached hydrogen (secondary N) is 3. The summed E-state index contributed by atoms with van der Waals surface area (Å²) in [4.78, 5) is 23.8. The van der Waals surface area contributed by atoms with Gasteiger partial charge in [0.1, 0.15) is 0 Å². The third kappa shape index (κ3) is 4.56. The number of rotatable bonds is 7. The Morgan fingerprint density at radius 1 is 1.14 bits per heavy atom. The highest BCUT2D eigenvalue weighted by atomic mass is 16.2. The Kier molecular flexibility index (Phi) is 4.20. The number of hydrogen-bond acceptors (Lipinski definition) is 3. The van der Waals surface area contributed by atoms with Gasteiger partial charge in [-0.25, -0.2) is 0 Å². The van der Waals surface area contributed by atoms with Crippen molar-refractivity contribution in [1.82, 2.24) is 10.6 Å². The monoisotopic (exact) mass is 287 g/mol.